The highest BCUT2D eigenvalue weighted by molar-refractivity contribution is 4.98. The molecule has 0 aromatic rings. The second-order valence-corrected chi connectivity index (χ2v) is 5.17. The Kier molecular flexibility index (Phi) is 3.13. The van der Waals surface area contributed by atoms with E-state index >= 15 is 0 Å². The first-order valence-electron chi connectivity index (χ1n) is 6.10. The highest BCUT2D eigenvalue weighted by Crippen LogP contribution is 2.39. The van der Waals surface area contributed by atoms with Gasteiger partial charge in [0.15, 0.2) is 0 Å². The van der Waals surface area contributed by atoms with Gasteiger partial charge >= 0.3 is 0 Å². The average Bonchev–Trinajstić information content (AvgIpc) is 2.24. The van der Waals surface area contributed by atoms with Crippen molar-refractivity contribution in [3.63, 3.8) is 0 Å². The smallest absolute Gasteiger partial charge is 0.0511 e. The van der Waals surface area contributed by atoms with Crippen molar-refractivity contribution in [1.29, 1.82) is 0 Å². The lowest BCUT2D eigenvalue weighted by molar-refractivity contribution is -0.00609. The first-order chi connectivity index (χ1) is 6.73. The molecule has 1 heterocycles. The van der Waals surface area contributed by atoms with E-state index in [1.807, 2.05) is 0 Å². The van der Waals surface area contributed by atoms with Crippen LogP contribution in [0.3, 0.4) is 0 Å². The summed E-state index contributed by atoms with van der Waals surface area (Å²) in [7, 11) is 0. The molecular formula is C12H23NO. The summed E-state index contributed by atoms with van der Waals surface area (Å²) in [6.07, 6.45) is 7.69. The average molecular weight is 197 g/mol. The summed E-state index contributed by atoms with van der Waals surface area (Å²) < 4.78 is 5.57. The van der Waals surface area contributed by atoms with E-state index in [0.29, 0.717) is 11.8 Å². The van der Waals surface area contributed by atoms with Gasteiger partial charge in [-0.2, -0.15) is 0 Å². The summed E-state index contributed by atoms with van der Waals surface area (Å²) in [6, 6.07) is 0. The summed E-state index contributed by atoms with van der Waals surface area (Å²) in [6.45, 7) is 4.18. The van der Waals surface area contributed by atoms with Crippen molar-refractivity contribution in [2.75, 3.05) is 13.2 Å². The van der Waals surface area contributed by atoms with Crippen LogP contribution in [-0.4, -0.2) is 18.8 Å². The van der Waals surface area contributed by atoms with Crippen LogP contribution in [-0.2, 0) is 4.74 Å². The van der Waals surface area contributed by atoms with Gasteiger partial charge in [0.2, 0.25) is 0 Å². The molecule has 2 nitrogen and oxygen atoms in total. The Morgan fingerprint density at radius 2 is 2.07 bits per heavy atom. The summed E-state index contributed by atoms with van der Waals surface area (Å²) in [5.41, 5.74) is 6.68. The van der Waals surface area contributed by atoms with Crippen molar-refractivity contribution in [2.45, 2.75) is 51.0 Å². The molecule has 0 amide bonds. The second kappa shape index (κ2) is 4.19. The van der Waals surface area contributed by atoms with Crippen LogP contribution in [0.15, 0.2) is 0 Å². The lowest BCUT2D eigenvalue weighted by Gasteiger charge is -2.46. The van der Waals surface area contributed by atoms with Crippen molar-refractivity contribution in [3.8, 4) is 0 Å². The Morgan fingerprint density at radius 3 is 2.71 bits per heavy atom. The fourth-order valence-corrected chi connectivity index (χ4v) is 3.17. The van der Waals surface area contributed by atoms with Crippen LogP contribution in [0.5, 0.6) is 0 Å². The molecule has 2 heteroatoms. The normalized spacial score (nSPS) is 45.0. The molecule has 0 spiro atoms. The van der Waals surface area contributed by atoms with E-state index in [2.05, 4.69) is 6.92 Å². The van der Waals surface area contributed by atoms with Gasteiger partial charge in [-0.3, -0.25) is 0 Å². The SMILES string of the molecule is CC1CCCCC1(N)C1CCCOC1. The Bertz CT molecular complexity index is 189. The third-order valence-corrected chi connectivity index (χ3v) is 4.33. The van der Waals surface area contributed by atoms with Crippen molar-refractivity contribution in [3.05, 3.63) is 0 Å². The van der Waals surface area contributed by atoms with Crippen LogP contribution in [0.1, 0.15) is 45.4 Å². The third-order valence-electron chi connectivity index (χ3n) is 4.33. The Balaban J connectivity index is 2.03. The number of rotatable bonds is 1. The molecule has 0 aromatic heterocycles. The molecule has 1 saturated carbocycles. The topological polar surface area (TPSA) is 35.2 Å². The van der Waals surface area contributed by atoms with E-state index in [-0.39, 0.29) is 5.54 Å². The summed E-state index contributed by atoms with van der Waals surface area (Å²) >= 11 is 0. The molecule has 14 heavy (non-hydrogen) atoms. The molecule has 3 unspecified atom stereocenters. The monoisotopic (exact) mass is 197 g/mol. The molecule has 0 aromatic carbocycles. The van der Waals surface area contributed by atoms with E-state index in [1.165, 1.54) is 38.5 Å². The molecular weight excluding hydrogens is 174 g/mol. The predicted molar refractivity (Wildman–Crippen MR) is 58.1 cm³/mol. The fraction of sp³-hybridized carbons (Fsp3) is 1.00. The van der Waals surface area contributed by atoms with Gasteiger partial charge in [-0.1, -0.05) is 19.8 Å². The minimum atomic E-state index is 0.0820. The Hall–Kier alpha value is -0.0800. The van der Waals surface area contributed by atoms with Crippen molar-refractivity contribution in [2.24, 2.45) is 17.6 Å². The van der Waals surface area contributed by atoms with Crippen molar-refractivity contribution >= 4 is 0 Å². The van der Waals surface area contributed by atoms with Crippen molar-refractivity contribution < 1.29 is 4.74 Å². The van der Waals surface area contributed by atoms with Gasteiger partial charge in [0.1, 0.15) is 0 Å². The highest BCUT2D eigenvalue weighted by atomic mass is 16.5. The third kappa shape index (κ3) is 1.82. The molecule has 2 rings (SSSR count). The molecule has 2 aliphatic rings. The van der Waals surface area contributed by atoms with Gasteiger partial charge in [-0.25, -0.2) is 0 Å². The number of hydrogen-bond donors (Lipinski definition) is 1. The maximum absolute atomic E-state index is 6.60. The zero-order valence-corrected chi connectivity index (χ0v) is 9.30. The van der Waals surface area contributed by atoms with Crippen LogP contribution in [0.4, 0.5) is 0 Å². The molecule has 1 aliphatic heterocycles. The second-order valence-electron chi connectivity index (χ2n) is 5.17. The van der Waals surface area contributed by atoms with E-state index in [0.717, 1.165) is 13.2 Å². The molecule has 0 bridgehead atoms. The lowest BCUT2D eigenvalue weighted by atomic mass is 9.66. The van der Waals surface area contributed by atoms with Crippen LogP contribution >= 0.6 is 0 Å². The van der Waals surface area contributed by atoms with Gasteiger partial charge < -0.3 is 10.5 Å². The lowest BCUT2D eigenvalue weighted by Crippen LogP contribution is -2.56. The van der Waals surface area contributed by atoms with Crippen LogP contribution < -0.4 is 5.73 Å². The van der Waals surface area contributed by atoms with E-state index in [9.17, 15) is 0 Å². The minimum absolute atomic E-state index is 0.0820. The van der Waals surface area contributed by atoms with E-state index < -0.39 is 0 Å². The van der Waals surface area contributed by atoms with E-state index in [1.54, 1.807) is 0 Å². The number of ether oxygens (including phenoxy) is 1. The molecule has 2 fully saturated rings. The van der Waals surface area contributed by atoms with Crippen LogP contribution in [0.2, 0.25) is 0 Å². The first kappa shape index (κ1) is 10.4. The minimum Gasteiger partial charge on any atom is -0.381 e. The number of nitrogens with two attached hydrogens (primary N) is 1. The number of hydrogen-bond acceptors (Lipinski definition) is 2. The largest absolute Gasteiger partial charge is 0.381 e. The Morgan fingerprint density at radius 1 is 1.21 bits per heavy atom. The molecule has 3 atom stereocenters. The summed E-state index contributed by atoms with van der Waals surface area (Å²) in [5.74, 6) is 1.30. The quantitative estimate of drug-likeness (QED) is 0.700. The van der Waals surface area contributed by atoms with Gasteiger partial charge in [0.25, 0.3) is 0 Å². The van der Waals surface area contributed by atoms with Crippen LogP contribution in [0, 0.1) is 11.8 Å². The first-order valence-corrected chi connectivity index (χ1v) is 6.10. The van der Waals surface area contributed by atoms with Crippen molar-refractivity contribution in [1.82, 2.24) is 0 Å². The van der Waals surface area contributed by atoms with Gasteiger partial charge in [0, 0.05) is 18.1 Å². The van der Waals surface area contributed by atoms with Crippen LogP contribution in [0.25, 0.3) is 0 Å². The molecule has 1 aliphatic carbocycles. The molecule has 82 valence electrons. The van der Waals surface area contributed by atoms with E-state index in [4.69, 9.17) is 10.5 Å². The highest BCUT2D eigenvalue weighted by Gasteiger charge is 2.41. The summed E-state index contributed by atoms with van der Waals surface area (Å²) in [4.78, 5) is 0. The standard InChI is InChI=1S/C12H23NO/c1-10-5-2-3-7-12(10,13)11-6-4-8-14-9-11/h10-11H,2-9,13H2,1H3. The molecule has 2 N–H and O–H groups in total. The molecule has 1 saturated heterocycles. The maximum atomic E-state index is 6.60. The zero-order valence-electron chi connectivity index (χ0n) is 9.30. The predicted octanol–water partition coefficient (Wildman–Crippen LogP) is 2.32. The van der Waals surface area contributed by atoms with Gasteiger partial charge in [-0.05, 0) is 31.6 Å². The fourth-order valence-electron chi connectivity index (χ4n) is 3.17. The van der Waals surface area contributed by atoms with Gasteiger partial charge in [-0.15, -0.1) is 0 Å². The maximum Gasteiger partial charge on any atom is 0.0511 e. The van der Waals surface area contributed by atoms with Gasteiger partial charge in [0.05, 0.1) is 6.61 Å². The zero-order chi connectivity index (χ0) is 10.0. The molecule has 0 radical (unpaired) electrons. The Labute approximate surface area is 87.2 Å². The summed E-state index contributed by atoms with van der Waals surface area (Å²) in [5, 5.41) is 0.